The third-order valence-electron chi connectivity index (χ3n) is 9.48. The van der Waals surface area contributed by atoms with Crippen LogP contribution >= 0.6 is 0 Å². The van der Waals surface area contributed by atoms with E-state index in [0.717, 1.165) is 35.3 Å². The molecule has 4 aromatic carbocycles. The molecule has 8 nitrogen and oxygen atoms in total. The first-order valence-electron chi connectivity index (χ1n) is 16.8. The molecule has 0 bridgehead atoms. The number of nitrogens with one attached hydrogen (secondary N) is 1. The molecule has 0 spiro atoms. The fourth-order valence-electron chi connectivity index (χ4n) is 6.57. The second-order valence-corrected chi connectivity index (χ2v) is 12.4. The molecule has 2 N–H and O–H groups in total. The van der Waals surface area contributed by atoms with Crippen LogP contribution < -0.4 is 15.0 Å². The molecule has 1 aliphatic rings. The number of hydrogen-bond donors (Lipinski definition) is 2. The maximum Gasteiger partial charge on any atom is 0.335 e. The van der Waals surface area contributed by atoms with Crippen LogP contribution in [-0.4, -0.2) is 40.7 Å². The van der Waals surface area contributed by atoms with Crippen LogP contribution in [0.4, 0.5) is 16.2 Å². The fourth-order valence-corrected chi connectivity index (χ4v) is 6.57. The van der Waals surface area contributed by atoms with E-state index in [1.54, 1.807) is 18.2 Å². The van der Waals surface area contributed by atoms with Gasteiger partial charge in [0, 0.05) is 17.9 Å². The Balaban J connectivity index is 1.41. The summed E-state index contributed by atoms with van der Waals surface area (Å²) in [6.07, 6.45) is 2.14. The Morgan fingerprint density at radius 1 is 0.896 bits per heavy atom. The van der Waals surface area contributed by atoms with Crippen molar-refractivity contribution >= 4 is 29.3 Å². The van der Waals surface area contributed by atoms with Crippen LogP contribution in [-0.2, 0) is 11.2 Å². The quantitative estimate of drug-likeness (QED) is 0.133. The highest BCUT2D eigenvalue weighted by molar-refractivity contribution is 6.03. The van der Waals surface area contributed by atoms with Crippen LogP contribution in [0, 0.1) is 12.3 Å². The van der Waals surface area contributed by atoms with Crippen molar-refractivity contribution in [2.75, 3.05) is 11.4 Å². The Kier molecular flexibility index (Phi) is 10.8. The lowest BCUT2D eigenvalue weighted by Gasteiger charge is -2.53. The molecule has 0 saturated carbocycles. The lowest BCUT2D eigenvalue weighted by molar-refractivity contribution is -0.191. The largest absolute Gasteiger partial charge is 0.478 e. The van der Waals surface area contributed by atoms with E-state index >= 15 is 0 Å². The molecular formula is C40H45N3O5. The summed E-state index contributed by atoms with van der Waals surface area (Å²) in [5.74, 6) is -0.888. The number of ether oxygens (including phenoxy) is 1. The van der Waals surface area contributed by atoms with Crippen LogP contribution in [0.25, 0.3) is 0 Å². The smallest absolute Gasteiger partial charge is 0.335 e. The van der Waals surface area contributed by atoms with Crippen molar-refractivity contribution in [3.05, 3.63) is 125 Å². The van der Waals surface area contributed by atoms with E-state index in [-0.39, 0.29) is 17.5 Å². The summed E-state index contributed by atoms with van der Waals surface area (Å²) >= 11 is 0. The number of likely N-dealkylation sites (tertiary alicyclic amines) is 1. The topological polar surface area (TPSA) is 99.2 Å². The molecule has 0 aliphatic carbocycles. The molecule has 1 aliphatic heterocycles. The minimum absolute atomic E-state index is 0.181. The number of nitrogens with zero attached hydrogens (tertiary/aromatic N) is 2. The molecule has 0 aromatic heterocycles. The number of carbonyl (C=O) groups excluding carboxylic acids is 2. The zero-order valence-electron chi connectivity index (χ0n) is 28.2. The van der Waals surface area contributed by atoms with E-state index in [1.165, 1.54) is 4.90 Å². The highest BCUT2D eigenvalue weighted by Gasteiger charge is 2.63. The van der Waals surface area contributed by atoms with Crippen molar-refractivity contribution in [1.82, 2.24) is 10.2 Å². The van der Waals surface area contributed by atoms with E-state index in [9.17, 15) is 19.5 Å². The Labute approximate surface area is 283 Å². The molecule has 1 saturated heterocycles. The normalized spacial score (nSPS) is 15.7. The zero-order valence-corrected chi connectivity index (χ0v) is 28.2. The van der Waals surface area contributed by atoms with Gasteiger partial charge < -0.3 is 20.1 Å². The monoisotopic (exact) mass is 647 g/mol. The number of hydrogen-bond acceptors (Lipinski definition) is 5. The Morgan fingerprint density at radius 2 is 1.50 bits per heavy atom. The van der Waals surface area contributed by atoms with E-state index in [4.69, 9.17) is 4.74 Å². The van der Waals surface area contributed by atoms with Gasteiger partial charge in [-0.1, -0.05) is 93.4 Å². The number of carboxylic acids is 1. The minimum atomic E-state index is -1.03. The van der Waals surface area contributed by atoms with E-state index in [0.29, 0.717) is 37.1 Å². The summed E-state index contributed by atoms with van der Waals surface area (Å²) in [4.78, 5) is 43.1. The van der Waals surface area contributed by atoms with Crippen molar-refractivity contribution < 1.29 is 24.2 Å². The van der Waals surface area contributed by atoms with Crippen LogP contribution in [0.5, 0.6) is 5.75 Å². The number of urea groups is 1. The summed E-state index contributed by atoms with van der Waals surface area (Å²) in [5, 5.41) is 13.2. The second kappa shape index (κ2) is 15.2. The van der Waals surface area contributed by atoms with E-state index in [2.05, 4.69) is 17.1 Å². The molecule has 8 heteroatoms. The minimum Gasteiger partial charge on any atom is -0.478 e. The number of aromatic carboxylic acids is 1. The number of para-hydroxylation sites is 2. The summed E-state index contributed by atoms with van der Waals surface area (Å²) in [6, 6.07) is 32.1. The van der Waals surface area contributed by atoms with Gasteiger partial charge in [-0.25, -0.2) is 14.5 Å². The van der Waals surface area contributed by atoms with Gasteiger partial charge in [-0.2, -0.15) is 0 Å². The number of carboxylic acid groups (broad SMARTS) is 1. The molecule has 1 fully saturated rings. The van der Waals surface area contributed by atoms with E-state index < -0.39 is 23.6 Å². The van der Waals surface area contributed by atoms with Gasteiger partial charge in [0.05, 0.1) is 11.6 Å². The van der Waals surface area contributed by atoms with Gasteiger partial charge in [0.15, 0.2) is 6.23 Å². The maximum absolute atomic E-state index is 13.8. The van der Waals surface area contributed by atoms with Crippen LogP contribution in [0.15, 0.2) is 103 Å². The van der Waals surface area contributed by atoms with Gasteiger partial charge in [0.25, 0.3) is 0 Å². The number of aryl methyl sites for hydroxylation is 1. The number of anilines is 2. The second-order valence-electron chi connectivity index (χ2n) is 12.4. The van der Waals surface area contributed by atoms with Gasteiger partial charge >= 0.3 is 12.0 Å². The molecule has 1 heterocycles. The van der Waals surface area contributed by atoms with Crippen molar-refractivity contribution in [2.24, 2.45) is 5.41 Å². The number of β-lactam (4-membered cyclic amide) rings is 1. The number of carbonyl (C=O) groups is 3. The number of imide groups is 1. The number of rotatable bonds is 14. The molecule has 250 valence electrons. The summed E-state index contributed by atoms with van der Waals surface area (Å²) < 4.78 is 6.50. The molecule has 48 heavy (non-hydrogen) atoms. The summed E-state index contributed by atoms with van der Waals surface area (Å²) in [5.41, 5.74) is 4.00. The Hall–Kier alpha value is -5.11. The standard InChI is InChI=1S/C40H45N3O5/c1-5-14-35(29-21-19-28(4)20-22-29)41-39(47)43-37(46)40(6-2,7-3)38(43)48-33-23-24-34(36(44)45)30(27-33)25-26-42(31-15-10-8-11-16-31)32-17-12-9-13-18-32/h8-13,15-24,27,35,38H,5-7,14,25-26H2,1-4H3,(H,41,47)(H,44,45)/t35-,38+/m1/s1. The average Bonchev–Trinajstić information content (AvgIpc) is 3.10. The lowest BCUT2D eigenvalue weighted by atomic mass is 9.72. The Morgan fingerprint density at radius 3 is 2.04 bits per heavy atom. The Bertz CT molecular complexity index is 1660. The van der Waals surface area contributed by atoms with Crippen molar-refractivity contribution in [3.8, 4) is 5.75 Å². The first-order valence-corrected chi connectivity index (χ1v) is 16.8. The lowest BCUT2D eigenvalue weighted by Crippen LogP contribution is -2.73. The van der Waals surface area contributed by atoms with Crippen molar-refractivity contribution in [1.29, 1.82) is 0 Å². The molecule has 0 radical (unpaired) electrons. The molecular weight excluding hydrogens is 602 g/mol. The maximum atomic E-state index is 13.8. The molecule has 0 unspecified atom stereocenters. The third-order valence-corrected chi connectivity index (χ3v) is 9.48. The molecule has 5 rings (SSSR count). The fraction of sp³-hybridized carbons (Fsp3) is 0.325. The van der Waals surface area contributed by atoms with Gasteiger partial charge in [-0.05, 0) is 86.2 Å². The zero-order chi connectivity index (χ0) is 34.3. The predicted molar refractivity (Wildman–Crippen MR) is 189 cm³/mol. The first-order chi connectivity index (χ1) is 23.2. The molecule has 2 atom stereocenters. The van der Waals surface area contributed by atoms with E-state index in [1.807, 2.05) is 106 Å². The van der Waals surface area contributed by atoms with Crippen molar-refractivity contribution in [3.63, 3.8) is 0 Å². The third kappa shape index (κ3) is 7.08. The highest BCUT2D eigenvalue weighted by Crippen LogP contribution is 2.46. The SMILES string of the molecule is CCC[C@@H](NC(=O)N1C(=O)C(CC)(CC)[C@@H]1Oc1ccc(C(=O)O)c(CCN(c2ccccc2)c2ccccc2)c1)c1ccc(C)cc1. The summed E-state index contributed by atoms with van der Waals surface area (Å²) in [6.45, 7) is 8.45. The summed E-state index contributed by atoms with van der Waals surface area (Å²) in [7, 11) is 0. The van der Waals surface area contributed by atoms with Gasteiger partial charge in [0.2, 0.25) is 5.91 Å². The predicted octanol–water partition coefficient (Wildman–Crippen LogP) is 8.68. The van der Waals surface area contributed by atoms with Crippen LogP contribution in [0.3, 0.4) is 0 Å². The van der Waals surface area contributed by atoms with Gasteiger partial charge in [-0.15, -0.1) is 0 Å². The first kappa shape index (κ1) is 34.2. The number of benzene rings is 4. The van der Waals surface area contributed by atoms with Crippen molar-refractivity contribution in [2.45, 2.75) is 72.1 Å². The van der Waals surface area contributed by atoms with Gasteiger partial charge in [-0.3, -0.25) is 4.79 Å². The highest BCUT2D eigenvalue weighted by atomic mass is 16.5. The van der Waals surface area contributed by atoms with Crippen LogP contribution in [0.2, 0.25) is 0 Å². The number of amides is 3. The molecule has 4 aromatic rings. The average molecular weight is 648 g/mol. The molecule has 3 amide bonds. The van der Waals surface area contributed by atoms with Gasteiger partial charge in [0.1, 0.15) is 11.2 Å². The van der Waals surface area contributed by atoms with Crippen LogP contribution in [0.1, 0.15) is 79.5 Å².